The van der Waals surface area contributed by atoms with E-state index in [0.717, 1.165) is 23.1 Å². The zero-order chi connectivity index (χ0) is 23.1. The van der Waals surface area contributed by atoms with E-state index in [0.29, 0.717) is 28.6 Å². The number of carbonyl (C=O) groups is 1. The minimum absolute atomic E-state index is 0.0388. The molecule has 5 heteroatoms. The van der Waals surface area contributed by atoms with Gasteiger partial charge in [-0.3, -0.25) is 4.79 Å². The summed E-state index contributed by atoms with van der Waals surface area (Å²) >= 11 is 6.17. The Balaban J connectivity index is 1.82. The van der Waals surface area contributed by atoms with Gasteiger partial charge >= 0.3 is 0 Å². The van der Waals surface area contributed by atoms with Gasteiger partial charge in [0.25, 0.3) is 5.91 Å². The first-order valence-electron chi connectivity index (χ1n) is 10.4. The summed E-state index contributed by atoms with van der Waals surface area (Å²) in [5.74, 6) is 0.0541. The molecule has 0 saturated heterocycles. The predicted octanol–water partition coefficient (Wildman–Crippen LogP) is 6.64. The molecule has 0 spiro atoms. The van der Waals surface area contributed by atoms with Crippen molar-refractivity contribution in [2.24, 2.45) is 0 Å². The standard InChI is InChI=1S/C27H25ClN2O2/c1-4-20-5-8-25(9-6-20)30-27(31)23(16-29)14-22-15-24(28)7-10-26(22)32-17-21-12-18(2)11-19(3)13-21/h5-15H,4,17H2,1-3H3,(H,30,31)/b23-14+. The largest absolute Gasteiger partial charge is 0.488 e. The molecule has 0 saturated carbocycles. The number of hydrogen-bond donors (Lipinski definition) is 1. The lowest BCUT2D eigenvalue weighted by Gasteiger charge is -2.12. The number of halogens is 1. The molecule has 4 nitrogen and oxygen atoms in total. The van der Waals surface area contributed by atoms with Crippen LogP contribution < -0.4 is 10.1 Å². The first-order chi connectivity index (χ1) is 15.4. The average Bonchev–Trinajstić information content (AvgIpc) is 2.76. The molecule has 0 heterocycles. The van der Waals surface area contributed by atoms with E-state index < -0.39 is 5.91 Å². The van der Waals surface area contributed by atoms with Crippen LogP contribution in [0.1, 0.15) is 34.7 Å². The summed E-state index contributed by atoms with van der Waals surface area (Å²) in [7, 11) is 0. The highest BCUT2D eigenvalue weighted by Gasteiger charge is 2.12. The maximum atomic E-state index is 12.7. The SMILES string of the molecule is CCc1ccc(NC(=O)/C(C#N)=C/c2cc(Cl)ccc2OCc2cc(C)cc(C)c2)cc1. The summed E-state index contributed by atoms with van der Waals surface area (Å²) in [4.78, 5) is 12.7. The second-order valence-corrected chi connectivity index (χ2v) is 8.08. The lowest BCUT2D eigenvalue weighted by Crippen LogP contribution is -2.13. The van der Waals surface area contributed by atoms with E-state index in [4.69, 9.17) is 16.3 Å². The smallest absolute Gasteiger partial charge is 0.266 e. The van der Waals surface area contributed by atoms with Crippen molar-refractivity contribution in [2.75, 3.05) is 5.32 Å². The molecule has 3 aromatic rings. The van der Waals surface area contributed by atoms with Gasteiger partial charge in [-0.2, -0.15) is 5.26 Å². The number of aryl methyl sites for hydroxylation is 3. The highest BCUT2D eigenvalue weighted by Crippen LogP contribution is 2.27. The Bertz CT molecular complexity index is 1170. The molecule has 0 radical (unpaired) electrons. The van der Waals surface area contributed by atoms with Crippen molar-refractivity contribution in [1.82, 2.24) is 0 Å². The molecule has 1 amide bonds. The molecule has 1 N–H and O–H groups in total. The van der Waals surface area contributed by atoms with Crippen LogP contribution in [-0.4, -0.2) is 5.91 Å². The number of anilines is 1. The van der Waals surface area contributed by atoms with E-state index in [1.165, 1.54) is 11.6 Å². The minimum Gasteiger partial charge on any atom is -0.488 e. The van der Waals surface area contributed by atoms with Crippen molar-refractivity contribution in [3.05, 3.63) is 99.1 Å². The van der Waals surface area contributed by atoms with Gasteiger partial charge in [-0.15, -0.1) is 0 Å². The van der Waals surface area contributed by atoms with Crippen LogP contribution in [0.4, 0.5) is 5.69 Å². The van der Waals surface area contributed by atoms with Crippen molar-refractivity contribution in [3.63, 3.8) is 0 Å². The van der Waals surface area contributed by atoms with Gasteiger partial charge in [0, 0.05) is 16.3 Å². The van der Waals surface area contributed by atoms with Crippen molar-refractivity contribution < 1.29 is 9.53 Å². The fourth-order valence-corrected chi connectivity index (χ4v) is 3.58. The molecule has 3 aromatic carbocycles. The molecule has 0 aliphatic rings. The number of ether oxygens (including phenoxy) is 1. The lowest BCUT2D eigenvalue weighted by molar-refractivity contribution is -0.112. The second kappa shape index (κ2) is 10.7. The van der Waals surface area contributed by atoms with E-state index in [-0.39, 0.29) is 5.57 Å². The number of carbonyl (C=O) groups excluding carboxylic acids is 1. The summed E-state index contributed by atoms with van der Waals surface area (Å²) < 4.78 is 6.01. The van der Waals surface area contributed by atoms with E-state index in [1.54, 1.807) is 18.2 Å². The summed E-state index contributed by atoms with van der Waals surface area (Å²) in [5, 5.41) is 12.8. The monoisotopic (exact) mass is 444 g/mol. The molecule has 0 bridgehead atoms. The Morgan fingerprint density at radius 2 is 1.72 bits per heavy atom. The highest BCUT2D eigenvalue weighted by atomic mass is 35.5. The average molecular weight is 445 g/mol. The summed E-state index contributed by atoms with van der Waals surface area (Å²) in [6, 6.07) is 20.9. The normalized spacial score (nSPS) is 11.0. The molecule has 0 unspecified atom stereocenters. The Morgan fingerprint density at radius 3 is 2.34 bits per heavy atom. The Kier molecular flexibility index (Phi) is 7.70. The predicted molar refractivity (Wildman–Crippen MR) is 130 cm³/mol. The molecule has 0 aromatic heterocycles. The fraction of sp³-hybridized carbons (Fsp3) is 0.185. The third-order valence-corrected chi connectivity index (χ3v) is 5.17. The van der Waals surface area contributed by atoms with E-state index in [9.17, 15) is 10.1 Å². The number of hydrogen-bond acceptors (Lipinski definition) is 3. The van der Waals surface area contributed by atoms with Crippen LogP contribution >= 0.6 is 11.6 Å². The summed E-state index contributed by atoms with van der Waals surface area (Å²) in [6.45, 7) is 6.51. The van der Waals surface area contributed by atoms with Gasteiger partial charge in [0.15, 0.2) is 0 Å². The number of nitrogens with one attached hydrogen (secondary N) is 1. The van der Waals surface area contributed by atoms with Crippen molar-refractivity contribution >= 4 is 29.3 Å². The molecule has 3 rings (SSSR count). The molecular formula is C27H25ClN2O2. The molecular weight excluding hydrogens is 420 g/mol. The zero-order valence-electron chi connectivity index (χ0n) is 18.4. The quantitative estimate of drug-likeness (QED) is 0.328. The summed E-state index contributed by atoms with van der Waals surface area (Å²) in [5.41, 5.74) is 5.69. The van der Waals surface area contributed by atoms with Gasteiger partial charge in [-0.1, -0.05) is 60.0 Å². The first-order valence-corrected chi connectivity index (χ1v) is 10.8. The highest BCUT2D eigenvalue weighted by molar-refractivity contribution is 6.30. The molecule has 32 heavy (non-hydrogen) atoms. The number of nitriles is 1. The zero-order valence-corrected chi connectivity index (χ0v) is 19.2. The van der Waals surface area contributed by atoms with Gasteiger partial charge in [0.2, 0.25) is 0 Å². The molecule has 0 aliphatic heterocycles. The van der Waals surface area contributed by atoms with Crippen LogP contribution in [-0.2, 0) is 17.8 Å². The first kappa shape index (κ1) is 23.1. The third kappa shape index (κ3) is 6.23. The number of nitrogens with zero attached hydrogens (tertiary/aromatic N) is 1. The van der Waals surface area contributed by atoms with Gasteiger partial charge in [-0.25, -0.2) is 0 Å². The van der Waals surface area contributed by atoms with Crippen molar-refractivity contribution in [1.29, 1.82) is 5.26 Å². The van der Waals surface area contributed by atoms with Crippen LogP contribution in [0.3, 0.4) is 0 Å². The van der Waals surface area contributed by atoms with Gasteiger partial charge < -0.3 is 10.1 Å². The van der Waals surface area contributed by atoms with Crippen LogP contribution in [0, 0.1) is 25.2 Å². The fourth-order valence-electron chi connectivity index (χ4n) is 3.40. The van der Waals surface area contributed by atoms with E-state index in [1.807, 2.05) is 44.2 Å². The van der Waals surface area contributed by atoms with Gasteiger partial charge in [0.1, 0.15) is 24.0 Å². The van der Waals surface area contributed by atoms with Crippen LogP contribution in [0.5, 0.6) is 5.75 Å². The van der Waals surface area contributed by atoms with Crippen molar-refractivity contribution in [2.45, 2.75) is 33.8 Å². The van der Waals surface area contributed by atoms with E-state index >= 15 is 0 Å². The Morgan fingerprint density at radius 1 is 1.03 bits per heavy atom. The van der Waals surface area contributed by atoms with Gasteiger partial charge in [-0.05, 0) is 67.8 Å². The molecule has 162 valence electrons. The second-order valence-electron chi connectivity index (χ2n) is 7.64. The number of rotatable bonds is 7. The number of benzene rings is 3. The number of amides is 1. The molecule has 0 fully saturated rings. The van der Waals surface area contributed by atoms with E-state index in [2.05, 4.69) is 30.4 Å². The third-order valence-electron chi connectivity index (χ3n) is 4.93. The van der Waals surface area contributed by atoms with Crippen LogP contribution in [0.25, 0.3) is 6.08 Å². The van der Waals surface area contributed by atoms with Crippen LogP contribution in [0.15, 0.2) is 66.2 Å². The summed E-state index contributed by atoms with van der Waals surface area (Å²) in [6.07, 6.45) is 2.41. The lowest BCUT2D eigenvalue weighted by atomic mass is 10.1. The maximum Gasteiger partial charge on any atom is 0.266 e. The topological polar surface area (TPSA) is 62.1 Å². The maximum absolute atomic E-state index is 12.7. The minimum atomic E-state index is -0.489. The van der Waals surface area contributed by atoms with Crippen molar-refractivity contribution in [3.8, 4) is 11.8 Å². The molecule has 0 aliphatic carbocycles. The Hall–Kier alpha value is -3.55. The van der Waals surface area contributed by atoms with Gasteiger partial charge in [0.05, 0.1) is 0 Å². The molecule has 0 atom stereocenters. The Labute approximate surface area is 194 Å². The van der Waals surface area contributed by atoms with Crippen LogP contribution in [0.2, 0.25) is 5.02 Å².